The summed E-state index contributed by atoms with van der Waals surface area (Å²) < 4.78 is 0. The number of rotatable bonds is 2. The third kappa shape index (κ3) is 1.87. The van der Waals surface area contributed by atoms with Gasteiger partial charge in [-0.15, -0.1) is 0 Å². The lowest BCUT2D eigenvalue weighted by molar-refractivity contribution is 0.137. The topological polar surface area (TPSA) is 45.2 Å². The first kappa shape index (κ1) is 8.66. The van der Waals surface area contributed by atoms with Gasteiger partial charge in [-0.1, -0.05) is 6.07 Å². The molecule has 0 spiro atoms. The third-order valence-electron chi connectivity index (χ3n) is 2.51. The molecule has 0 aromatic carbocycles. The number of hydrogen-bond acceptors (Lipinski definition) is 3. The van der Waals surface area contributed by atoms with Gasteiger partial charge >= 0.3 is 0 Å². The molecule has 1 saturated heterocycles. The van der Waals surface area contributed by atoms with Crippen molar-refractivity contribution in [1.82, 2.24) is 10.3 Å². The van der Waals surface area contributed by atoms with Crippen molar-refractivity contribution in [3.63, 3.8) is 0 Å². The van der Waals surface area contributed by atoms with Gasteiger partial charge in [0.25, 0.3) is 0 Å². The first-order valence-electron chi connectivity index (χ1n) is 4.69. The Morgan fingerprint density at radius 1 is 1.62 bits per heavy atom. The van der Waals surface area contributed by atoms with Crippen LogP contribution in [0.4, 0.5) is 0 Å². The summed E-state index contributed by atoms with van der Waals surface area (Å²) in [5.41, 5.74) is 0.905. The zero-order valence-corrected chi connectivity index (χ0v) is 7.48. The summed E-state index contributed by atoms with van der Waals surface area (Å²) in [6.45, 7) is 1.02. The maximum atomic E-state index is 9.92. The molecule has 1 unspecified atom stereocenters. The van der Waals surface area contributed by atoms with Gasteiger partial charge in [0.2, 0.25) is 0 Å². The van der Waals surface area contributed by atoms with E-state index >= 15 is 0 Å². The molecular weight excluding hydrogens is 164 g/mol. The standard InChI is InChI=1S/C10H14N2O/c13-10(9-4-2-6-12-9)8-3-1-5-11-7-8/h1,3,5,7,9-10,12-13H,2,4,6H2/t9?,10-/m1/s1. The van der Waals surface area contributed by atoms with E-state index in [-0.39, 0.29) is 6.04 Å². The second kappa shape index (κ2) is 3.85. The Hall–Kier alpha value is -0.930. The van der Waals surface area contributed by atoms with Gasteiger partial charge in [0.15, 0.2) is 0 Å². The molecule has 1 aromatic rings. The van der Waals surface area contributed by atoms with Crippen molar-refractivity contribution >= 4 is 0 Å². The number of hydrogen-bond donors (Lipinski definition) is 2. The first-order valence-corrected chi connectivity index (χ1v) is 4.69. The predicted octanol–water partition coefficient (Wildman–Crippen LogP) is 0.867. The fourth-order valence-electron chi connectivity index (χ4n) is 1.76. The van der Waals surface area contributed by atoms with Crippen LogP contribution in [0.2, 0.25) is 0 Å². The summed E-state index contributed by atoms with van der Waals surface area (Å²) in [6, 6.07) is 3.98. The van der Waals surface area contributed by atoms with E-state index in [9.17, 15) is 5.11 Å². The number of nitrogens with one attached hydrogen (secondary N) is 1. The third-order valence-corrected chi connectivity index (χ3v) is 2.51. The molecule has 1 fully saturated rings. The van der Waals surface area contributed by atoms with Crippen molar-refractivity contribution in [1.29, 1.82) is 0 Å². The molecule has 2 N–H and O–H groups in total. The lowest BCUT2D eigenvalue weighted by Gasteiger charge is -2.17. The van der Waals surface area contributed by atoms with Gasteiger partial charge in [-0.3, -0.25) is 4.98 Å². The summed E-state index contributed by atoms with van der Waals surface area (Å²) in [7, 11) is 0. The van der Waals surface area contributed by atoms with Gasteiger partial charge in [-0.05, 0) is 25.5 Å². The normalized spacial score (nSPS) is 24.5. The van der Waals surface area contributed by atoms with Gasteiger partial charge in [-0.25, -0.2) is 0 Å². The van der Waals surface area contributed by atoms with Gasteiger partial charge in [0.05, 0.1) is 6.10 Å². The van der Waals surface area contributed by atoms with Crippen molar-refractivity contribution < 1.29 is 5.11 Å². The minimum atomic E-state index is -0.406. The maximum absolute atomic E-state index is 9.92. The van der Waals surface area contributed by atoms with E-state index in [1.165, 1.54) is 0 Å². The summed E-state index contributed by atoms with van der Waals surface area (Å²) in [5.74, 6) is 0. The molecule has 0 bridgehead atoms. The molecule has 70 valence electrons. The summed E-state index contributed by atoms with van der Waals surface area (Å²) in [4.78, 5) is 3.99. The second-order valence-corrected chi connectivity index (χ2v) is 3.43. The highest BCUT2D eigenvalue weighted by molar-refractivity contribution is 5.14. The second-order valence-electron chi connectivity index (χ2n) is 3.43. The molecule has 1 aliphatic heterocycles. The van der Waals surface area contributed by atoms with E-state index in [1.54, 1.807) is 12.4 Å². The monoisotopic (exact) mass is 178 g/mol. The molecule has 1 aromatic heterocycles. The molecule has 2 heterocycles. The maximum Gasteiger partial charge on any atom is 0.0957 e. The molecule has 0 amide bonds. The zero-order chi connectivity index (χ0) is 9.10. The molecule has 0 aliphatic carbocycles. The molecule has 0 radical (unpaired) electrons. The summed E-state index contributed by atoms with van der Waals surface area (Å²) in [6.07, 6.45) is 5.25. The summed E-state index contributed by atoms with van der Waals surface area (Å²) in [5, 5.41) is 13.2. The average Bonchev–Trinajstić information content (AvgIpc) is 2.71. The predicted molar refractivity (Wildman–Crippen MR) is 50.2 cm³/mol. The van der Waals surface area contributed by atoms with Gasteiger partial charge in [0.1, 0.15) is 0 Å². The van der Waals surface area contributed by atoms with Crippen LogP contribution < -0.4 is 5.32 Å². The van der Waals surface area contributed by atoms with E-state index in [1.807, 2.05) is 12.1 Å². The molecule has 0 saturated carbocycles. The van der Waals surface area contributed by atoms with E-state index in [0.717, 1.165) is 24.9 Å². The van der Waals surface area contributed by atoms with Crippen molar-refractivity contribution in [2.75, 3.05) is 6.54 Å². The number of pyridine rings is 1. The Kier molecular flexibility index (Phi) is 2.57. The number of aromatic nitrogens is 1. The van der Waals surface area contributed by atoms with E-state index < -0.39 is 6.10 Å². The van der Waals surface area contributed by atoms with Gasteiger partial charge in [-0.2, -0.15) is 0 Å². The fourth-order valence-corrected chi connectivity index (χ4v) is 1.76. The first-order chi connectivity index (χ1) is 6.38. The van der Waals surface area contributed by atoms with Gasteiger partial charge < -0.3 is 10.4 Å². The van der Waals surface area contributed by atoms with E-state index in [0.29, 0.717) is 0 Å². The van der Waals surface area contributed by atoms with E-state index in [2.05, 4.69) is 10.3 Å². The Morgan fingerprint density at radius 3 is 3.15 bits per heavy atom. The Labute approximate surface area is 77.8 Å². The zero-order valence-electron chi connectivity index (χ0n) is 7.48. The molecule has 13 heavy (non-hydrogen) atoms. The number of nitrogens with zero attached hydrogens (tertiary/aromatic N) is 1. The summed E-state index contributed by atoms with van der Waals surface area (Å²) >= 11 is 0. The van der Waals surface area contributed by atoms with Crippen LogP contribution in [0.5, 0.6) is 0 Å². The largest absolute Gasteiger partial charge is 0.387 e. The van der Waals surface area contributed by atoms with Crippen LogP contribution in [0.25, 0.3) is 0 Å². The van der Waals surface area contributed by atoms with Crippen LogP contribution in [0.15, 0.2) is 24.5 Å². The van der Waals surface area contributed by atoms with Crippen LogP contribution >= 0.6 is 0 Å². The Balaban J connectivity index is 2.08. The molecule has 2 atom stereocenters. The van der Waals surface area contributed by atoms with Crippen LogP contribution in [-0.2, 0) is 0 Å². The lowest BCUT2D eigenvalue weighted by atomic mass is 10.0. The van der Waals surface area contributed by atoms with Crippen LogP contribution in [0, 0.1) is 0 Å². The quantitative estimate of drug-likeness (QED) is 0.706. The average molecular weight is 178 g/mol. The highest BCUT2D eigenvalue weighted by atomic mass is 16.3. The molecule has 2 rings (SSSR count). The van der Waals surface area contributed by atoms with Crippen LogP contribution in [0.3, 0.4) is 0 Å². The van der Waals surface area contributed by atoms with Crippen LogP contribution in [0.1, 0.15) is 24.5 Å². The van der Waals surface area contributed by atoms with Crippen LogP contribution in [-0.4, -0.2) is 22.7 Å². The number of aliphatic hydroxyl groups excluding tert-OH is 1. The van der Waals surface area contributed by atoms with E-state index in [4.69, 9.17) is 0 Å². The minimum absolute atomic E-state index is 0.212. The molecule has 3 nitrogen and oxygen atoms in total. The Morgan fingerprint density at radius 2 is 2.54 bits per heavy atom. The smallest absolute Gasteiger partial charge is 0.0957 e. The van der Waals surface area contributed by atoms with Crippen molar-refractivity contribution in [2.45, 2.75) is 25.0 Å². The SMILES string of the molecule is O[C@H](c1cccnc1)C1CCCN1. The van der Waals surface area contributed by atoms with Crippen molar-refractivity contribution in [3.05, 3.63) is 30.1 Å². The van der Waals surface area contributed by atoms with Crippen molar-refractivity contribution in [2.24, 2.45) is 0 Å². The molecular formula is C10H14N2O. The number of aliphatic hydroxyl groups is 1. The highest BCUT2D eigenvalue weighted by Gasteiger charge is 2.23. The van der Waals surface area contributed by atoms with Crippen molar-refractivity contribution in [3.8, 4) is 0 Å². The molecule has 1 aliphatic rings. The molecule has 3 heteroatoms. The fraction of sp³-hybridized carbons (Fsp3) is 0.500. The highest BCUT2D eigenvalue weighted by Crippen LogP contribution is 2.21. The van der Waals surface area contributed by atoms with Gasteiger partial charge in [0, 0.05) is 24.0 Å². The minimum Gasteiger partial charge on any atom is -0.387 e. The Bertz CT molecular complexity index is 257. The lowest BCUT2D eigenvalue weighted by Crippen LogP contribution is -2.28.